The molecular formula is C21H22ClNO3. The topological polar surface area (TPSA) is 46.6 Å². The van der Waals surface area contributed by atoms with E-state index in [9.17, 15) is 9.59 Å². The van der Waals surface area contributed by atoms with Crippen molar-refractivity contribution >= 4 is 29.2 Å². The van der Waals surface area contributed by atoms with Crippen LogP contribution in [0.3, 0.4) is 0 Å². The van der Waals surface area contributed by atoms with Gasteiger partial charge in [0.25, 0.3) is 0 Å². The van der Waals surface area contributed by atoms with Crippen molar-refractivity contribution < 1.29 is 14.3 Å². The quantitative estimate of drug-likeness (QED) is 0.559. The summed E-state index contributed by atoms with van der Waals surface area (Å²) in [5.41, 5.74) is 1.76. The third-order valence-electron chi connectivity index (χ3n) is 4.87. The number of benzene rings is 2. The summed E-state index contributed by atoms with van der Waals surface area (Å²) in [7, 11) is 0. The van der Waals surface area contributed by atoms with Crippen molar-refractivity contribution in [3.63, 3.8) is 0 Å². The third-order valence-corrected chi connectivity index (χ3v) is 5.12. The van der Waals surface area contributed by atoms with Crippen molar-refractivity contribution in [1.29, 1.82) is 0 Å². The van der Waals surface area contributed by atoms with Crippen molar-refractivity contribution in [1.82, 2.24) is 0 Å². The molecule has 4 nitrogen and oxygen atoms in total. The monoisotopic (exact) mass is 371 g/mol. The van der Waals surface area contributed by atoms with Gasteiger partial charge in [-0.2, -0.15) is 0 Å². The van der Waals surface area contributed by atoms with Crippen LogP contribution < -0.4 is 9.64 Å². The molecule has 0 aromatic heterocycles. The Kier molecular flexibility index (Phi) is 5.62. The number of rotatable bonds is 5. The van der Waals surface area contributed by atoms with E-state index in [0.29, 0.717) is 23.2 Å². The van der Waals surface area contributed by atoms with Crippen LogP contribution in [0.15, 0.2) is 48.5 Å². The highest BCUT2D eigenvalue weighted by Crippen LogP contribution is 2.31. The van der Waals surface area contributed by atoms with Gasteiger partial charge in [-0.1, -0.05) is 43.6 Å². The van der Waals surface area contributed by atoms with Gasteiger partial charge in [-0.15, -0.1) is 0 Å². The fraction of sp³-hybridized carbons (Fsp3) is 0.333. The first-order valence-corrected chi connectivity index (χ1v) is 9.24. The molecule has 2 atom stereocenters. The summed E-state index contributed by atoms with van der Waals surface area (Å²) in [5.74, 6) is -0.0164. The third kappa shape index (κ3) is 3.91. The first kappa shape index (κ1) is 18.5. The fourth-order valence-corrected chi connectivity index (χ4v) is 3.25. The fourth-order valence-electron chi connectivity index (χ4n) is 3.13. The SMILES string of the molecule is CC[C@@H](C)c1ccccc1OC(=O)[C@H]1CC(=O)N(c2ccc(Cl)cc2)C1. The van der Waals surface area contributed by atoms with E-state index in [-0.39, 0.29) is 18.3 Å². The number of anilines is 1. The van der Waals surface area contributed by atoms with E-state index >= 15 is 0 Å². The maximum absolute atomic E-state index is 12.6. The highest BCUT2D eigenvalue weighted by atomic mass is 35.5. The molecule has 0 radical (unpaired) electrons. The molecule has 1 aliphatic heterocycles. The predicted octanol–water partition coefficient (Wildman–Crippen LogP) is 4.81. The number of carbonyl (C=O) groups is 2. The van der Waals surface area contributed by atoms with Crippen molar-refractivity contribution in [2.75, 3.05) is 11.4 Å². The summed E-state index contributed by atoms with van der Waals surface area (Å²) in [5, 5.41) is 0.609. The summed E-state index contributed by atoms with van der Waals surface area (Å²) < 4.78 is 5.67. The highest BCUT2D eigenvalue weighted by molar-refractivity contribution is 6.30. The molecule has 1 saturated heterocycles. The maximum Gasteiger partial charge on any atom is 0.316 e. The van der Waals surface area contributed by atoms with Gasteiger partial charge in [0, 0.05) is 23.7 Å². The Bertz CT molecular complexity index is 803. The van der Waals surface area contributed by atoms with Gasteiger partial charge in [0.2, 0.25) is 5.91 Å². The van der Waals surface area contributed by atoms with Crippen LogP contribution in [0.2, 0.25) is 5.02 Å². The van der Waals surface area contributed by atoms with Gasteiger partial charge >= 0.3 is 5.97 Å². The molecule has 3 rings (SSSR count). The number of hydrogen-bond acceptors (Lipinski definition) is 3. The minimum absolute atomic E-state index is 0.0792. The molecule has 1 amide bonds. The van der Waals surface area contributed by atoms with Crippen LogP contribution in [0, 0.1) is 5.92 Å². The summed E-state index contributed by atoms with van der Waals surface area (Å²) in [6.07, 6.45) is 1.12. The summed E-state index contributed by atoms with van der Waals surface area (Å²) in [6, 6.07) is 14.6. The molecule has 2 aromatic rings. The average molecular weight is 372 g/mol. The van der Waals surface area contributed by atoms with E-state index in [0.717, 1.165) is 17.7 Å². The second-order valence-corrected chi connectivity index (χ2v) is 7.09. The van der Waals surface area contributed by atoms with E-state index in [1.165, 1.54) is 0 Å². The molecule has 0 unspecified atom stereocenters. The predicted molar refractivity (Wildman–Crippen MR) is 103 cm³/mol. The smallest absolute Gasteiger partial charge is 0.316 e. The van der Waals surface area contributed by atoms with E-state index in [2.05, 4.69) is 13.8 Å². The lowest BCUT2D eigenvalue weighted by atomic mass is 9.98. The Morgan fingerprint density at radius 3 is 2.62 bits per heavy atom. The summed E-state index contributed by atoms with van der Waals surface area (Å²) >= 11 is 5.90. The van der Waals surface area contributed by atoms with Gasteiger partial charge < -0.3 is 9.64 Å². The molecule has 0 spiro atoms. The molecule has 5 heteroatoms. The van der Waals surface area contributed by atoms with Crippen LogP contribution in [0.1, 0.15) is 38.2 Å². The molecule has 0 bridgehead atoms. The lowest BCUT2D eigenvalue weighted by Crippen LogP contribution is -2.27. The number of nitrogens with zero attached hydrogens (tertiary/aromatic N) is 1. The van der Waals surface area contributed by atoms with Crippen molar-refractivity contribution in [2.24, 2.45) is 5.92 Å². The molecule has 0 aliphatic carbocycles. The van der Waals surface area contributed by atoms with Gasteiger partial charge in [-0.3, -0.25) is 9.59 Å². The molecule has 1 fully saturated rings. The number of carbonyl (C=O) groups excluding carboxylic acids is 2. The molecule has 0 N–H and O–H groups in total. The van der Waals surface area contributed by atoms with Crippen LogP contribution >= 0.6 is 11.6 Å². The lowest BCUT2D eigenvalue weighted by molar-refractivity contribution is -0.139. The van der Waals surface area contributed by atoms with E-state index in [1.54, 1.807) is 29.2 Å². The minimum atomic E-state index is -0.469. The van der Waals surface area contributed by atoms with E-state index < -0.39 is 5.92 Å². The highest BCUT2D eigenvalue weighted by Gasteiger charge is 2.36. The standard InChI is InChI=1S/C21H22ClNO3/c1-3-14(2)18-6-4-5-7-19(18)26-21(25)15-12-20(24)23(13-15)17-10-8-16(22)9-11-17/h4-11,14-15H,3,12-13H2,1-2H3/t14-,15+/m1/s1. The normalized spacial score (nSPS) is 18.0. The largest absolute Gasteiger partial charge is 0.426 e. The molecule has 26 heavy (non-hydrogen) atoms. The lowest BCUT2D eigenvalue weighted by Gasteiger charge is -2.18. The molecule has 0 saturated carbocycles. The van der Waals surface area contributed by atoms with Crippen LogP contribution in [-0.2, 0) is 9.59 Å². The Labute approximate surface area is 158 Å². The van der Waals surface area contributed by atoms with Crippen molar-refractivity contribution in [3.8, 4) is 5.75 Å². The van der Waals surface area contributed by atoms with E-state index in [1.807, 2.05) is 24.3 Å². The number of hydrogen-bond donors (Lipinski definition) is 0. The van der Waals surface area contributed by atoms with Crippen LogP contribution in [0.25, 0.3) is 0 Å². The van der Waals surface area contributed by atoms with Gasteiger partial charge in [0.05, 0.1) is 5.92 Å². The zero-order valence-electron chi connectivity index (χ0n) is 14.9. The van der Waals surface area contributed by atoms with Crippen LogP contribution in [0.4, 0.5) is 5.69 Å². The second-order valence-electron chi connectivity index (χ2n) is 6.65. The number of esters is 1. The number of para-hydroxylation sites is 1. The second kappa shape index (κ2) is 7.92. The molecule has 2 aromatic carbocycles. The molecule has 1 aliphatic rings. The Morgan fingerprint density at radius 2 is 1.92 bits per heavy atom. The van der Waals surface area contributed by atoms with Crippen molar-refractivity contribution in [3.05, 3.63) is 59.1 Å². The first-order chi connectivity index (χ1) is 12.5. The molecular weight excluding hydrogens is 350 g/mol. The first-order valence-electron chi connectivity index (χ1n) is 8.86. The number of amides is 1. The molecule has 1 heterocycles. The van der Waals surface area contributed by atoms with E-state index in [4.69, 9.17) is 16.3 Å². The average Bonchev–Trinajstić information content (AvgIpc) is 3.04. The summed E-state index contributed by atoms with van der Waals surface area (Å²) in [4.78, 5) is 26.6. The Hall–Kier alpha value is -2.33. The number of halogens is 1. The minimum Gasteiger partial charge on any atom is -0.426 e. The zero-order valence-corrected chi connectivity index (χ0v) is 15.7. The van der Waals surface area contributed by atoms with Gasteiger partial charge in [0.15, 0.2) is 0 Å². The van der Waals surface area contributed by atoms with Crippen LogP contribution in [-0.4, -0.2) is 18.4 Å². The van der Waals surface area contributed by atoms with Gasteiger partial charge in [-0.25, -0.2) is 0 Å². The van der Waals surface area contributed by atoms with Crippen molar-refractivity contribution in [2.45, 2.75) is 32.6 Å². The zero-order chi connectivity index (χ0) is 18.7. The van der Waals surface area contributed by atoms with Gasteiger partial charge in [-0.05, 0) is 48.2 Å². The number of ether oxygens (including phenoxy) is 1. The molecule has 136 valence electrons. The van der Waals surface area contributed by atoms with Crippen LogP contribution in [0.5, 0.6) is 5.75 Å². The summed E-state index contributed by atoms with van der Waals surface area (Å²) in [6.45, 7) is 4.53. The Morgan fingerprint density at radius 1 is 1.23 bits per heavy atom. The van der Waals surface area contributed by atoms with Gasteiger partial charge in [0.1, 0.15) is 5.75 Å². The Balaban J connectivity index is 1.72. The maximum atomic E-state index is 12.6.